The van der Waals surface area contributed by atoms with Crippen LogP contribution in [0.5, 0.6) is 11.5 Å². The summed E-state index contributed by atoms with van der Waals surface area (Å²) in [5.41, 5.74) is 1.82. The number of fused-ring (bicyclic) bond motifs is 1. The first-order chi connectivity index (χ1) is 12.7. The second-order valence-corrected chi connectivity index (χ2v) is 5.92. The van der Waals surface area contributed by atoms with Gasteiger partial charge in [-0.1, -0.05) is 42.5 Å². The van der Waals surface area contributed by atoms with Crippen molar-refractivity contribution in [3.63, 3.8) is 0 Å². The highest BCUT2D eigenvalue weighted by Gasteiger charge is 2.11. The van der Waals surface area contributed by atoms with Gasteiger partial charge in [0.25, 0.3) is 0 Å². The molecule has 0 fully saturated rings. The number of ether oxygens (including phenoxy) is 1. The van der Waals surface area contributed by atoms with Crippen molar-refractivity contribution in [2.24, 2.45) is 0 Å². The average molecular weight is 344 g/mol. The monoisotopic (exact) mass is 344 g/mol. The van der Waals surface area contributed by atoms with Crippen LogP contribution in [0.1, 0.15) is 5.56 Å². The van der Waals surface area contributed by atoms with Crippen LogP contribution in [0, 0.1) is 0 Å². The van der Waals surface area contributed by atoms with Crippen LogP contribution in [0.2, 0.25) is 0 Å². The first kappa shape index (κ1) is 16.0. The summed E-state index contributed by atoms with van der Waals surface area (Å²) >= 11 is 0. The molecule has 1 N–H and O–H groups in total. The summed E-state index contributed by atoms with van der Waals surface area (Å²) in [4.78, 5) is 12.2. The van der Waals surface area contributed by atoms with Gasteiger partial charge in [-0.2, -0.15) is 0 Å². The molecule has 0 saturated heterocycles. The van der Waals surface area contributed by atoms with Gasteiger partial charge in [-0.3, -0.25) is 4.79 Å². The Labute approximate surface area is 149 Å². The summed E-state index contributed by atoms with van der Waals surface area (Å²) in [6.45, 7) is 0.407. The summed E-state index contributed by atoms with van der Waals surface area (Å²) < 4.78 is 11.5. The molecule has 4 aromatic rings. The quantitative estimate of drug-likeness (QED) is 0.581. The minimum absolute atomic E-state index is 0.00556. The van der Waals surface area contributed by atoms with E-state index in [-0.39, 0.29) is 11.2 Å². The van der Waals surface area contributed by atoms with Gasteiger partial charge in [0.2, 0.25) is 0 Å². The van der Waals surface area contributed by atoms with Crippen LogP contribution in [-0.4, -0.2) is 5.11 Å². The van der Waals surface area contributed by atoms with E-state index in [4.69, 9.17) is 9.15 Å². The second-order valence-electron chi connectivity index (χ2n) is 5.92. The maximum atomic E-state index is 12.2. The molecule has 4 nitrogen and oxygen atoms in total. The van der Waals surface area contributed by atoms with Gasteiger partial charge in [0.05, 0.1) is 10.9 Å². The van der Waals surface area contributed by atoms with Gasteiger partial charge in [-0.05, 0) is 29.8 Å². The number of benzene rings is 3. The van der Waals surface area contributed by atoms with E-state index in [1.54, 1.807) is 36.4 Å². The topological polar surface area (TPSA) is 59.7 Å². The Kier molecular flexibility index (Phi) is 4.15. The minimum atomic E-state index is -0.148. The largest absolute Gasteiger partial charge is 0.507 e. The highest BCUT2D eigenvalue weighted by atomic mass is 16.5. The van der Waals surface area contributed by atoms with Gasteiger partial charge >= 0.3 is 0 Å². The Bertz CT molecular complexity index is 1110. The third-order valence-electron chi connectivity index (χ3n) is 4.12. The molecule has 0 radical (unpaired) electrons. The molecule has 0 aliphatic carbocycles. The van der Waals surface area contributed by atoms with Gasteiger partial charge in [0, 0.05) is 12.1 Å². The molecule has 0 unspecified atom stereocenters. The molecule has 0 spiro atoms. The van der Waals surface area contributed by atoms with Crippen molar-refractivity contribution in [1.82, 2.24) is 0 Å². The number of phenols is 1. The van der Waals surface area contributed by atoms with Gasteiger partial charge in [0.15, 0.2) is 5.43 Å². The predicted octanol–water partition coefficient (Wildman–Crippen LogP) is 4.74. The summed E-state index contributed by atoms with van der Waals surface area (Å²) in [6, 6.07) is 23.1. The van der Waals surface area contributed by atoms with Gasteiger partial charge in [-0.25, -0.2) is 0 Å². The minimum Gasteiger partial charge on any atom is -0.507 e. The number of rotatable bonds is 4. The van der Waals surface area contributed by atoms with E-state index in [0.29, 0.717) is 34.6 Å². The molecule has 0 atom stereocenters. The molecular weight excluding hydrogens is 328 g/mol. The molecule has 1 aromatic heterocycles. The first-order valence-corrected chi connectivity index (χ1v) is 8.24. The van der Waals surface area contributed by atoms with E-state index in [2.05, 4.69) is 0 Å². The molecule has 4 heteroatoms. The molecule has 4 rings (SSSR count). The maximum absolute atomic E-state index is 12.2. The number of hydrogen-bond donors (Lipinski definition) is 1. The Morgan fingerprint density at radius 2 is 1.65 bits per heavy atom. The van der Waals surface area contributed by atoms with Crippen molar-refractivity contribution < 1.29 is 14.3 Å². The molecule has 0 bridgehead atoms. The highest BCUT2D eigenvalue weighted by molar-refractivity contribution is 5.79. The van der Waals surface area contributed by atoms with Crippen LogP contribution < -0.4 is 10.2 Å². The van der Waals surface area contributed by atoms with Crippen molar-refractivity contribution in [2.75, 3.05) is 0 Å². The molecule has 0 aliphatic rings. The van der Waals surface area contributed by atoms with Crippen molar-refractivity contribution >= 4 is 11.0 Å². The smallest absolute Gasteiger partial charge is 0.193 e. The lowest BCUT2D eigenvalue weighted by molar-refractivity contribution is 0.304. The zero-order chi connectivity index (χ0) is 17.9. The molecule has 26 heavy (non-hydrogen) atoms. The average Bonchev–Trinajstić information content (AvgIpc) is 2.67. The standard InChI is InChI=1S/C22H16O4/c23-19-12-16(25-14-15-6-2-1-3-7-15)10-11-18(19)22-13-20(24)17-8-4-5-9-21(17)26-22/h1-13,23H,14H2. The zero-order valence-electron chi connectivity index (χ0n) is 13.9. The molecule has 3 aromatic carbocycles. The SMILES string of the molecule is O=c1cc(-c2ccc(OCc3ccccc3)cc2O)oc2ccccc12. The van der Waals surface area contributed by atoms with E-state index in [0.717, 1.165) is 5.56 Å². The lowest BCUT2D eigenvalue weighted by atomic mass is 10.1. The Morgan fingerprint density at radius 1 is 0.885 bits per heavy atom. The second kappa shape index (κ2) is 6.76. The fourth-order valence-electron chi connectivity index (χ4n) is 2.79. The van der Waals surface area contributed by atoms with E-state index in [1.807, 2.05) is 30.3 Å². The number of para-hydroxylation sites is 1. The summed E-state index contributed by atoms with van der Waals surface area (Å²) in [5, 5.41) is 10.9. The fraction of sp³-hybridized carbons (Fsp3) is 0.0455. The van der Waals surface area contributed by atoms with Crippen LogP contribution in [0.3, 0.4) is 0 Å². The zero-order valence-corrected chi connectivity index (χ0v) is 13.9. The van der Waals surface area contributed by atoms with Gasteiger partial charge < -0.3 is 14.3 Å². The van der Waals surface area contributed by atoms with Gasteiger partial charge in [-0.15, -0.1) is 0 Å². The van der Waals surface area contributed by atoms with Crippen LogP contribution in [0.15, 0.2) is 88.1 Å². The summed E-state index contributed by atoms with van der Waals surface area (Å²) in [7, 11) is 0. The highest BCUT2D eigenvalue weighted by Crippen LogP contribution is 2.33. The Hall–Kier alpha value is -3.53. The maximum Gasteiger partial charge on any atom is 0.193 e. The summed E-state index contributed by atoms with van der Waals surface area (Å²) in [5.74, 6) is 0.855. The first-order valence-electron chi connectivity index (χ1n) is 8.24. The van der Waals surface area contributed by atoms with Crippen molar-refractivity contribution in [2.45, 2.75) is 6.61 Å². The van der Waals surface area contributed by atoms with Crippen LogP contribution >= 0.6 is 0 Å². The third-order valence-corrected chi connectivity index (χ3v) is 4.12. The number of hydrogen-bond acceptors (Lipinski definition) is 4. The molecule has 1 heterocycles. The van der Waals surface area contributed by atoms with Crippen LogP contribution in [0.25, 0.3) is 22.3 Å². The predicted molar refractivity (Wildman–Crippen MR) is 100 cm³/mol. The normalized spacial score (nSPS) is 10.8. The van der Waals surface area contributed by atoms with Crippen LogP contribution in [-0.2, 0) is 6.61 Å². The Balaban J connectivity index is 1.63. The van der Waals surface area contributed by atoms with E-state index in [1.165, 1.54) is 12.1 Å². The molecule has 0 aliphatic heterocycles. The number of phenolic OH excluding ortho intramolecular Hbond substituents is 1. The number of aromatic hydroxyl groups is 1. The van der Waals surface area contributed by atoms with E-state index >= 15 is 0 Å². The van der Waals surface area contributed by atoms with E-state index in [9.17, 15) is 9.90 Å². The Morgan fingerprint density at radius 3 is 2.46 bits per heavy atom. The molecule has 0 saturated carbocycles. The third kappa shape index (κ3) is 3.17. The van der Waals surface area contributed by atoms with E-state index < -0.39 is 0 Å². The summed E-state index contributed by atoms with van der Waals surface area (Å²) in [6.07, 6.45) is 0. The van der Waals surface area contributed by atoms with Crippen LogP contribution in [0.4, 0.5) is 0 Å². The lowest BCUT2D eigenvalue weighted by Crippen LogP contribution is -2.00. The van der Waals surface area contributed by atoms with Crippen molar-refractivity contribution in [1.29, 1.82) is 0 Å². The molecule has 128 valence electrons. The van der Waals surface area contributed by atoms with Crippen molar-refractivity contribution in [3.05, 3.63) is 94.6 Å². The molecular formula is C22H16O4. The fourth-order valence-corrected chi connectivity index (χ4v) is 2.79. The lowest BCUT2D eigenvalue weighted by Gasteiger charge is -2.09. The van der Waals surface area contributed by atoms with Gasteiger partial charge in [0.1, 0.15) is 29.4 Å². The molecule has 0 amide bonds. The van der Waals surface area contributed by atoms with Crippen molar-refractivity contribution in [3.8, 4) is 22.8 Å².